The van der Waals surface area contributed by atoms with E-state index in [1.807, 2.05) is 12.2 Å². The van der Waals surface area contributed by atoms with Crippen molar-refractivity contribution < 1.29 is 15.3 Å². The standard InChI is InChI=1S/C68H44I2N2O3/c1-66-27-9-8-22-56(66)68(53-29-35(70)24-26-51(53)66)55-31-47-39-15-5-3-13-37(39)43-18-11-20-45(60(43)47)62(55)72-58(68)33-49-63(73)48(64(74)65(49)75)32-57-67(50-21-7-6-16-40(50)41-25-23-34(69)28-52(41)67)54-30-46-38-14-4-2-12-36(38)42-17-10-19-44(59(42)46)61(54)71-57/h2-33,48-49,56,63-65,71-72,75H,1H3/q-2/b57-32-,58-33-. The van der Waals surface area contributed by atoms with Crippen LogP contribution in [0, 0.1) is 24.9 Å². The van der Waals surface area contributed by atoms with Crippen molar-refractivity contribution in [3.8, 4) is 55.6 Å². The quantitative estimate of drug-likeness (QED) is 0.150. The van der Waals surface area contributed by atoms with Crippen LogP contribution in [-0.2, 0) is 16.2 Å². The van der Waals surface area contributed by atoms with Crippen LogP contribution in [0.3, 0.4) is 0 Å². The Morgan fingerprint density at radius 2 is 1.03 bits per heavy atom. The van der Waals surface area contributed by atoms with Crippen LogP contribution in [0.5, 0.6) is 0 Å². The third-order valence-corrected chi connectivity index (χ3v) is 20.4. The van der Waals surface area contributed by atoms with Crippen molar-refractivity contribution in [1.82, 2.24) is 0 Å². The molecule has 9 aromatic carbocycles. The topological polar surface area (TPSA) is 90.4 Å². The molecule has 7 heteroatoms. The fraction of sp³-hybridized carbons (Fsp3) is 0.147. The van der Waals surface area contributed by atoms with E-state index in [1.54, 1.807) is 0 Å². The van der Waals surface area contributed by atoms with Crippen LogP contribution in [-0.4, -0.2) is 23.4 Å². The maximum Gasteiger partial charge on any atom is 0.0881 e. The summed E-state index contributed by atoms with van der Waals surface area (Å²) >= 11 is 4.85. The number of nitrogens with one attached hydrogen (secondary N) is 2. The molecular formula is C68H44I2N2O3-2. The van der Waals surface area contributed by atoms with Gasteiger partial charge in [-0.3, -0.25) is 0 Å². The van der Waals surface area contributed by atoms with Crippen molar-refractivity contribution >= 4 is 78.1 Å². The first-order valence-corrected chi connectivity index (χ1v) is 28.2. The van der Waals surface area contributed by atoms with Crippen molar-refractivity contribution in [2.45, 2.75) is 41.5 Å². The highest BCUT2D eigenvalue weighted by molar-refractivity contribution is 14.1. The third-order valence-electron chi connectivity index (χ3n) is 19.1. The molecule has 9 aromatic rings. The zero-order valence-electron chi connectivity index (χ0n) is 40.5. The number of hydrogen-bond donors (Lipinski definition) is 3. The number of benzene rings is 9. The molecule has 0 aromatic heterocycles. The molecule has 0 saturated heterocycles. The summed E-state index contributed by atoms with van der Waals surface area (Å²) in [5.41, 5.74) is 20.5. The molecule has 17 rings (SSSR count). The van der Waals surface area contributed by atoms with Gasteiger partial charge in [-0.25, -0.2) is 0 Å². The molecule has 5 nitrogen and oxygen atoms in total. The van der Waals surface area contributed by atoms with Crippen molar-refractivity contribution in [2.24, 2.45) is 17.8 Å². The molecule has 2 heterocycles. The van der Waals surface area contributed by atoms with Gasteiger partial charge in [0.15, 0.2) is 0 Å². The van der Waals surface area contributed by atoms with E-state index in [2.05, 4.69) is 245 Å². The molecule has 0 radical (unpaired) electrons. The molecule has 2 spiro atoms. The maximum absolute atomic E-state index is 15.9. The summed E-state index contributed by atoms with van der Waals surface area (Å²) in [6.45, 7) is 2.34. The van der Waals surface area contributed by atoms with Crippen molar-refractivity contribution in [1.29, 1.82) is 0 Å². The summed E-state index contributed by atoms with van der Waals surface area (Å²) in [6.07, 6.45) is 8.52. The second-order valence-corrected chi connectivity index (χ2v) is 24.7. The number of rotatable bonds is 2. The van der Waals surface area contributed by atoms with Crippen LogP contribution in [0.25, 0.3) is 77.2 Å². The van der Waals surface area contributed by atoms with Crippen LogP contribution in [0.1, 0.15) is 40.3 Å². The average molecular weight is 1190 g/mol. The summed E-state index contributed by atoms with van der Waals surface area (Å²) in [6, 6.07) is 57.5. The van der Waals surface area contributed by atoms with E-state index in [4.69, 9.17) is 0 Å². The van der Waals surface area contributed by atoms with Crippen molar-refractivity contribution in [3.05, 3.63) is 246 Å². The zero-order valence-corrected chi connectivity index (χ0v) is 44.8. The molecule has 75 heavy (non-hydrogen) atoms. The Bertz CT molecular complexity index is 4300. The van der Waals surface area contributed by atoms with Crippen molar-refractivity contribution in [3.63, 3.8) is 0 Å². The van der Waals surface area contributed by atoms with Gasteiger partial charge in [0, 0.05) is 46.7 Å². The Morgan fingerprint density at radius 1 is 0.480 bits per heavy atom. The molecule has 0 bridgehead atoms. The number of aliphatic hydroxyl groups is 1. The van der Waals surface area contributed by atoms with Gasteiger partial charge in [-0.2, -0.15) is 0 Å². The average Bonchev–Trinajstić information content (AvgIpc) is 4.45. The smallest absolute Gasteiger partial charge is 0.0881 e. The summed E-state index contributed by atoms with van der Waals surface area (Å²) in [4.78, 5) is 0. The lowest BCUT2D eigenvalue weighted by Crippen LogP contribution is -2.42. The van der Waals surface area contributed by atoms with Gasteiger partial charge in [0.1, 0.15) is 0 Å². The number of hydrogen-bond acceptors (Lipinski definition) is 5. The van der Waals surface area contributed by atoms with Crippen LogP contribution in [0.4, 0.5) is 11.4 Å². The van der Waals surface area contributed by atoms with Gasteiger partial charge in [0.05, 0.1) is 22.2 Å². The summed E-state index contributed by atoms with van der Waals surface area (Å²) < 4.78 is 2.22. The molecule has 8 aliphatic rings. The first-order chi connectivity index (χ1) is 36.6. The summed E-state index contributed by atoms with van der Waals surface area (Å²) in [7, 11) is 0. The molecule has 9 atom stereocenters. The Morgan fingerprint density at radius 3 is 1.72 bits per heavy atom. The molecule has 2 aliphatic heterocycles. The third kappa shape index (κ3) is 5.16. The van der Waals surface area contributed by atoms with Gasteiger partial charge in [-0.15, -0.1) is 6.10 Å². The molecular weight excluding hydrogens is 1150 g/mol. The van der Waals surface area contributed by atoms with E-state index in [0.717, 1.165) is 74.1 Å². The monoisotopic (exact) mass is 1190 g/mol. The van der Waals surface area contributed by atoms with E-state index in [-0.39, 0.29) is 11.3 Å². The minimum atomic E-state index is -1.59. The fourth-order valence-electron chi connectivity index (χ4n) is 16.1. The summed E-state index contributed by atoms with van der Waals surface area (Å²) in [5, 5.41) is 56.5. The van der Waals surface area contributed by atoms with Gasteiger partial charge >= 0.3 is 0 Å². The van der Waals surface area contributed by atoms with E-state index >= 15 is 10.2 Å². The van der Waals surface area contributed by atoms with Gasteiger partial charge in [0.25, 0.3) is 0 Å². The lowest BCUT2D eigenvalue weighted by atomic mass is 9.61. The zero-order chi connectivity index (χ0) is 50.0. The highest BCUT2D eigenvalue weighted by Gasteiger charge is 2.63. The predicted molar refractivity (Wildman–Crippen MR) is 314 cm³/mol. The number of halogens is 2. The van der Waals surface area contributed by atoms with Gasteiger partial charge in [-0.05, 0) is 193 Å². The van der Waals surface area contributed by atoms with E-state index in [9.17, 15) is 5.11 Å². The van der Waals surface area contributed by atoms with Crippen LogP contribution < -0.4 is 20.8 Å². The lowest BCUT2D eigenvalue weighted by molar-refractivity contribution is -0.464. The number of aliphatic hydroxyl groups excluding tert-OH is 1. The SMILES string of the molecule is CC12C=CC=CC1C1(/C(=C/C3C([O-])C(/C=C4\Nc5c(cc6c7c(cccc57)-c5ccccc5-6)C45c4ccccc4-c4ccc(I)cc45)C([O-])C3O)Nc3c1cc1c4c(cccc34)-c3ccccc3-1)c1cc(I)ccc12. The second kappa shape index (κ2) is 14.9. The van der Waals surface area contributed by atoms with Gasteiger partial charge < -0.3 is 26.0 Å². The number of anilines is 2. The Hall–Kier alpha value is -6.60. The van der Waals surface area contributed by atoms with Crippen LogP contribution in [0.15, 0.2) is 206 Å². The molecule has 3 N–H and O–H groups in total. The van der Waals surface area contributed by atoms with E-state index < -0.39 is 41.0 Å². The van der Waals surface area contributed by atoms with Crippen LogP contribution in [0.2, 0.25) is 0 Å². The summed E-state index contributed by atoms with van der Waals surface area (Å²) in [5.74, 6) is -2.14. The van der Waals surface area contributed by atoms with Gasteiger partial charge in [-0.1, -0.05) is 171 Å². The highest BCUT2D eigenvalue weighted by Crippen LogP contribution is 2.69. The van der Waals surface area contributed by atoms with E-state index in [0.29, 0.717) is 0 Å². The Balaban J connectivity index is 0.876. The maximum atomic E-state index is 15.9. The first kappa shape index (κ1) is 43.6. The lowest BCUT2D eigenvalue weighted by Gasteiger charge is -2.40. The Labute approximate surface area is 461 Å². The largest absolute Gasteiger partial charge is 0.851 e. The molecule has 9 unspecified atom stereocenters. The minimum Gasteiger partial charge on any atom is -0.851 e. The molecule has 1 fully saturated rings. The van der Waals surface area contributed by atoms with Gasteiger partial charge in [0.2, 0.25) is 0 Å². The molecule has 0 amide bonds. The normalized spacial score (nSPS) is 28.7. The molecule has 6 aliphatic carbocycles. The predicted octanol–water partition coefficient (Wildman–Crippen LogP) is 13.5. The molecule has 1 saturated carbocycles. The number of fused-ring (bicyclic) bond motifs is 22. The Kier molecular flexibility index (Phi) is 8.64. The first-order valence-electron chi connectivity index (χ1n) is 26.1. The molecule has 360 valence electrons. The highest BCUT2D eigenvalue weighted by atomic mass is 127. The number of allylic oxidation sites excluding steroid dienone is 6. The second-order valence-electron chi connectivity index (χ2n) is 22.2. The fourth-order valence-corrected chi connectivity index (χ4v) is 17.1. The van der Waals surface area contributed by atoms with E-state index in [1.165, 1.54) is 66.4 Å². The van der Waals surface area contributed by atoms with Crippen molar-refractivity contribution in [2.75, 3.05) is 10.6 Å². The van der Waals surface area contributed by atoms with Crippen LogP contribution >= 0.6 is 45.2 Å². The minimum absolute atomic E-state index is 0.0809.